The highest BCUT2D eigenvalue weighted by Gasteiger charge is 2.26. The van der Waals surface area contributed by atoms with Crippen molar-refractivity contribution in [2.75, 3.05) is 12.3 Å². The Hall–Kier alpha value is -1.26. The minimum absolute atomic E-state index is 0.0514. The van der Waals surface area contributed by atoms with Gasteiger partial charge in [0.05, 0.1) is 12.1 Å². The second-order valence-corrected chi connectivity index (χ2v) is 4.65. The minimum atomic E-state index is -0.165. The fraction of sp³-hybridized carbons (Fsp3) is 0.417. The molecule has 0 bridgehead atoms. The van der Waals surface area contributed by atoms with Crippen LogP contribution >= 0.6 is 11.6 Å². The zero-order chi connectivity index (χ0) is 12.4. The number of carbonyl (C=O) groups is 1. The predicted octanol–water partition coefficient (Wildman–Crippen LogP) is 1.83. The van der Waals surface area contributed by atoms with Crippen LogP contribution in [0.2, 0.25) is 5.02 Å². The zero-order valence-electron chi connectivity index (χ0n) is 9.57. The molecule has 0 spiro atoms. The van der Waals surface area contributed by atoms with Gasteiger partial charge in [0.2, 0.25) is 0 Å². The van der Waals surface area contributed by atoms with Crippen molar-refractivity contribution >= 4 is 23.2 Å². The molecular formula is C12H15ClN2O2. The Balaban J connectivity index is 2.09. The van der Waals surface area contributed by atoms with E-state index in [4.69, 9.17) is 22.1 Å². The minimum Gasteiger partial charge on any atom is -0.399 e. The Labute approximate surface area is 105 Å². The van der Waals surface area contributed by atoms with Crippen LogP contribution < -0.4 is 11.1 Å². The number of rotatable bonds is 2. The summed E-state index contributed by atoms with van der Waals surface area (Å²) in [4.78, 5) is 12.0. The fourth-order valence-corrected chi connectivity index (χ4v) is 2.16. The molecule has 1 amide bonds. The lowest BCUT2D eigenvalue weighted by Gasteiger charge is -2.16. The molecule has 1 aromatic rings. The molecule has 0 aliphatic carbocycles. The Morgan fingerprint density at radius 2 is 2.29 bits per heavy atom. The molecule has 2 atom stereocenters. The first kappa shape index (κ1) is 12.2. The van der Waals surface area contributed by atoms with Gasteiger partial charge in [0.25, 0.3) is 5.91 Å². The van der Waals surface area contributed by atoms with Gasteiger partial charge in [-0.3, -0.25) is 4.79 Å². The predicted molar refractivity (Wildman–Crippen MR) is 67.1 cm³/mol. The zero-order valence-corrected chi connectivity index (χ0v) is 10.3. The first-order valence-electron chi connectivity index (χ1n) is 5.55. The quantitative estimate of drug-likeness (QED) is 0.792. The number of benzene rings is 1. The van der Waals surface area contributed by atoms with E-state index in [1.165, 1.54) is 0 Å². The lowest BCUT2D eigenvalue weighted by Crippen LogP contribution is -2.39. The van der Waals surface area contributed by atoms with Gasteiger partial charge in [-0.15, -0.1) is 0 Å². The van der Waals surface area contributed by atoms with E-state index in [1.807, 2.05) is 6.92 Å². The second kappa shape index (κ2) is 4.94. The molecule has 1 heterocycles. The lowest BCUT2D eigenvalue weighted by atomic mass is 10.1. The number of anilines is 1. The number of hydrogen-bond acceptors (Lipinski definition) is 3. The smallest absolute Gasteiger partial charge is 0.251 e. The second-order valence-electron chi connectivity index (χ2n) is 4.22. The van der Waals surface area contributed by atoms with Crippen LogP contribution in [0.5, 0.6) is 0 Å². The van der Waals surface area contributed by atoms with Gasteiger partial charge >= 0.3 is 0 Å². The molecule has 2 unspecified atom stereocenters. The van der Waals surface area contributed by atoms with Crippen molar-refractivity contribution in [3.63, 3.8) is 0 Å². The molecule has 0 radical (unpaired) electrons. The largest absolute Gasteiger partial charge is 0.399 e. The van der Waals surface area contributed by atoms with Crippen LogP contribution in [0.15, 0.2) is 18.2 Å². The highest BCUT2D eigenvalue weighted by molar-refractivity contribution is 6.31. The monoisotopic (exact) mass is 254 g/mol. The molecule has 0 aromatic heterocycles. The summed E-state index contributed by atoms with van der Waals surface area (Å²) in [6.07, 6.45) is 0.888. The molecule has 5 heteroatoms. The van der Waals surface area contributed by atoms with Crippen molar-refractivity contribution < 1.29 is 9.53 Å². The summed E-state index contributed by atoms with van der Waals surface area (Å²) in [7, 11) is 0. The Morgan fingerprint density at radius 1 is 1.53 bits per heavy atom. The van der Waals surface area contributed by atoms with E-state index in [0.29, 0.717) is 22.9 Å². The SMILES string of the molecule is CC1OCCC1NC(=O)c1cc(N)cc(Cl)c1. The van der Waals surface area contributed by atoms with Crippen LogP contribution in [0.4, 0.5) is 5.69 Å². The number of ether oxygens (including phenoxy) is 1. The summed E-state index contributed by atoms with van der Waals surface area (Å²) in [6, 6.07) is 4.89. The van der Waals surface area contributed by atoms with Gasteiger partial charge in [0.15, 0.2) is 0 Å². The standard InChI is InChI=1S/C12H15ClN2O2/c1-7-11(2-3-17-7)15-12(16)8-4-9(13)6-10(14)5-8/h4-7,11H,2-3,14H2,1H3,(H,15,16). The van der Waals surface area contributed by atoms with E-state index >= 15 is 0 Å². The van der Waals surface area contributed by atoms with Crippen molar-refractivity contribution in [1.29, 1.82) is 0 Å². The van der Waals surface area contributed by atoms with Crippen molar-refractivity contribution in [1.82, 2.24) is 5.32 Å². The van der Waals surface area contributed by atoms with E-state index < -0.39 is 0 Å². The van der Waals surface area contributed by atoms with Gasteiger partial charge in [-0.1, -0.05) is 11.6 Å². The molecule has 1 saturated heterocycles. The van der Waals surface area contributed by atoms with Gasteiger partial charge in [-0.2, -0.15) is 0 Å². The van der Waals surface area contributed by atoms with Crippen LogP contribution in [0.1, 0.15) is 23.7 Å². The number of nitrogens with two attached hydrogens (primary N) is 1. The maximum atomic E-state index is 12.0. The van der Waals surface area contributed by atoms with Crippen molar-refractivity contribution in [2.24, 2.45) is 0 Å². The van der Waals surface area contributed by atoms with Gasteiger partial charge in [-0.05, 0) is 31.5 Å². The van der Waals surface area contributed by atoms with Crippen molar-refractivity contribution in [3.8, 4) is 0 Å². The van der Waals surface area contributed by atoms with Gasteiger partial charge in [0.1, 0.15) is 0 Å². The number of nitrogens with one attached hydrogen (secondary N) is 1. The van der Waals surface area contributed by atoms with E-state index in [1.54, 1.807) is 18.2 Å². The first-order valence-corrected chi connectivity index (χ1v) is 5.92. The molecule has 4 nitrogen and oxygen atoms in total. The van der Waals surface area contributed by atoms with Gasteiger partial charge < -0.3 is 15.8 Å². The molecule has 17 heavy (non-hydrogen) atoms. The molecule has 1 aromatic carbocycles. The Kier molecular flexibility index (Phi) is 3.54. The van der Waals surface area contributed by atoms with Crippen LogP contribution in [0, 0.1) is 0 Å². The van der Waals surface area contributed by atoms with E-state index in [-0.39, 0.29) is 18.1 Å². The van der Waals surface area contributed by atoms with Crippen LogP contribution in [-0.2, 0) is 4.74 Å². The molecule has 2 rings (SSSR count). The summed E-state index contributed by atoms with van der Waals surface area (Å²) < 4.78 is 5.38. The third-order valence-electron chi connectivity index (χ3n) is 2.88. The average molecular weight is 255 g/mol. The topological polar surface area (TPSA) is 64.3 Å². The van der Waals surface area contributed by atoms with Gasteiger partial charge in [0, 0.05) is 22.9 Å². The maximum absolute atomic E-state index is 12.0. The number of nitrogen functional groups attached to an aromatic ring is 1. The average Bonchev–Trinajstić information content (AvgIpc) is 2.63. The summed E-state index contributed by atoms with van der Waals surface area (Å²) in [6.45, 7) is 2.63. The number of hydrogen-bond donors (Lipinski definition) is 2. The van der Waals surface area contributed by atoms with Gasteiger partial charge in [-0.25, -0.2) is 0 Å². The highest BCUT2D eigenvalue weighted by atomic mass is 35.5. The number of amides is 1. The summed E-state index contributed by atoms with van der Waals surface area (Å²) in [5, 5.41) is 3.38. The number of carbonyl (C=O) groups excluding carboxylic acids is 1. The number of halogens is 1. The molecule has 92 valence electrons. The summed E-state index contributed by atoms with van der Waals surface area (Å²) in [5.74, 6) is -0.165. The first-order chi connectivity index (χ1) is 8.06. The molecule has 1 aliphatic heterocycles. The molecular weight excluding hydrogens is 240 g/mol. The third kappa shape index (κ3) is 2.90. The van der Waals surface area contributed by atoms with Crippen LogP contribution in [0.25, 0.3) is 0 Å². The maximum Gasteiger partial charge on any atom is 0.251 e. The van der Waals surface area contributed by atoms with Crippen molar-refractivity contribution in [2.45, 2.75) is 25.5 Å². The van der Waals surface area contributed by atoms with E-state index in [0.717, 1.165) is 6.42 Å². The third-order valence-corrected chi connectivity index (χ3v) is 3.09. The Bertz CT molecular complexity index is 416. The van der Waals surface area contributed by atoms with E-state index in [9.17, 15) is 4.79 Å². The summed E-state index contributed by atoms with van der Waals surface area (Å²) in [5.41, 5.74) is 6.61. The highest BCUT2D eigenvalue weighted by Crippen LogP contribution is 2.18. The summed E-state index contributed by atoms with van der Waals surface area (Å²) >= 11 is 5.85. The molecule has 0 saturated carbocycles. The van der Waals surface area contributed by atoms with Crippen molar-refractivity contribution in [3.05, 3.63) is 28.8 Å². The molecule has 3 N–H and O–H groups in total. The van der Waals surface area contributed by atoms with E-state index in [2.05, 4.69) is 5.32 Å². The fourth-order valence-electron chi connectivity index (χ4n) is 1.92. The lowest BCUT2D eigenvalue weighted by molar-refractivity contribution is 0.0866. The normalized spacial score (nSPS) is 23.6. The molecule has 1 aliphatic rings. The Morgan fingerprint density at radius 3 is 2.88 bits per heavy atom. The van der Waals surface area contributed by atoms with Crippen LogP contribution in [-0.4, -0.2) is 24.7 Å². The van der Waals surface area contributed by atoms with Crippen LogP contribution in [0.3, 0.4) is 0 Å². The molecule has 1 fully saturated rings.